The summed E-state index contributed by atoms with van der Waals surface area (Å²) in [7, 11) is 0. The lowest BCUT2D eigenvalue weighted by Gasteiger charge is -2.12. The highest BCUT2D eigenvalue weighted by atomic mass is 32.1. The van der Waals surface area contributed by atoms with Crippen molar-refractivity contribution in [3.8, 4) is 33.6 Å². The third-order valence-corrected chi connectivity index (χ3v) is 12.5. The molecule has 0 atom stereocenters. The first-order valence-electron chi connectivity index (χ1n) is 18.2. The zero-order chi connectivity index (χ0) is 34.6. The molecule has 0 spiro atoms. The second kappa shape index (κ2) is 10.9. The summed E-state index contributed by atoms with van der Waals surface area (Å²) in [6.45, 7) is 0. The number of hydrogen-bond acceptors (Lipinski definition) is 1. The van der Waals surface area contributed by atoms with Crippen molar-refractivity contribution in [3.63, 3.8) is 0 Å². The molecule has 3 heteroatoms. The molecule has 0 fully saturated rings. The SMILES string of the molecule is c1ccc(-c2cccc3c2sc2c(-c4cccc(-n5c6cccc7ccc8cc9c(c%10ccccc%10n9-c9ccccc9)c5c8c76)c4)cccc23)cc1. The molecule has 3 heterocycles. The van der Waals surface area contributed by atoms with Crippen molar-refractivity contribution in [1.29, 1.82) is 0 Å². The molecule has 3 aromatic heterocycles. The van der Waals surface area contributed by atoms with E-state index in [1.807, 2.05) is 11.3 Å². The number of fused-ring (bicyclic) bond motifs is 7. The van der Waals surface area contributed by atoms with Crippen molar-refractivity contribution >= 4 is 85.9 Å². The molecule has 9 aromatic carbocycles. The minimum Gasteiger partial charge on any atom is -0.309 e. The summed E-state index contributed by atoms with van der Waals surface area (Å²) >= 11 is 1.91. The van der Waals surface area contributed by atoms with Crippen LogP contribution in [-0.2, 0) is 0 Å². The fourth-order valence-corrected chi connectivity index (χ4v) is 10.4. The van der Waals surface area contributed by atoms with Crippen LogP contribution in [0.3, 0.4) is 0 Å². The minimum atomic E-state index is 1.17. The smallest absolute Gasteiger partial charge is 0.0647 e. The zero-order valence-corrected chi connectivity index (χ0v) is 29.4. The number of benzene rings is 9. The Morgan fingerprint density at radius 2 is 0.943 bits per heavy atom. The highest BCUT2D eigenvalue weighted by Gasteiger charge is 2.24. The summed E-state index contributed by atoms with van der Waals surface area (Å²) < 4.78 is 7.64. The van der Waals surface area contributed by atoms with Crippen molar-refractivity contribution in [2.75, 3.05) is 0 Å². The lowest BCUT2D eigenvalue weighted by Crippen LogP contribution is -1.96. The Bertz CT molecular complexity index is 3380. The van der Waals surface area contributed by atoms with Crippen LogP contribution in [0.4, 0.5) is 0 Å². The molecule has 2 nitrogen and oxygen atoms in total. The van der Waals surface area contributed by atoms with Crippen molar-refractivity contribution in [2.24, 2.45) is 0 Å². The molecule has 0 unspecified atom stereocenters. The van der Waals surface area contributed by atoms with Gasteiger partial charge in [-0.15, -0.1) is 11.3 Å². The highest BCUT2D eigenvalue weighted by Crippen LogP contribution is 2.47. The van der Waals surface area contributed by atoms with Gasteiger partial charge in [0.05, 0.1) is 22.1 Å². The normalized spacial score (nSPS) is 12.2. The van der Waals surface area contributed by atoms with Gasteiger partial charge in [0.1, 0.15) is 0 Å². The topological polar surface area (TPSA) is 9.86 Å². The second-order valence-corrected chi connectivity index (χ2v) is 15.1. The van der Waals surface area contributed by atoms with Gasteiger partial charge in [0.25, 0.3) is 0 Å². The fraction of sp³-hybridized carbons (Fsp3) is 0. The summed E-state index contributed by atoms with van der Waals surface area (Å²) in [6, 6.07) is 67.0. The lowest BCUT2D eigenvalue weighted by molar-refractivity contribution is 1.18. The van der Waals surface area contributed by atoms with Gasteiger partial charge in [0.15, 0.2) is 0 Å². The van der Waals surface area contributed by atoms with Gasteiger partial charge in [-0.05, 0) is 75.5 Å². The van der Waals surface area contributed by atoms with Crippen molar-refractivity contribution < 1.29 is 0 Å². The number of nitrogens with zero attached hydrogens (tertiary/aromatic N) is 2. The molecule has 0 N–H and O–H groups in total. The first kappa shape index (κ1) is 29.0. The first-order chi connectivity index (χ1) is 26.3. The lowest BCUT2D eigenvalue weighted by atomic mass is 9.99. The molecule has 12 aromatic rings. The standard InChI is InChI=1S/C50H30N2S/c1-3-13-31(14-4-1)37-21-11-23-39-40-24-12-22-38(50(40)53-49(37)39)33-16-9-19-36(29-33)52-43-26-10-15-32-27-28-34-30-44-47(48(52)46(34)45(32)43)41-20-7-8-25-42(41)51(44)35-17-5-2-6-18-35/h1-30H. The van der Waals surface area contributed by atoms with Crippen LogP contribution in [0.25, 0.3) is 108 Å². The molecule has 53 heavy (non-hydrogen) atoms. The number of hydrogen-bond donors (Lipinski definition) is 0. The Morgan fingerprint density at radius 1 is 0.340 bits per heavy atom. The van der Waals surface area contributed by atoms with E-state index >= 15 is 0 Å². The summed E-state index contributed by atoms with van der Waals surface area (Å²) in [6.07, 6.45) is 0. The predicted molar refractivity (Wildman–Crippen MR) is 228 cm³/mol. The van der Waals surface area contributed by atoms with E-state index < -0.39 is 0 Å². The molecule has 12 rings (SSSR count). The molecular weight excluding hydrogens is 661 g/mol. The van der Waals surface area contributed by atoms with Gasteiger partial charge in [-0.2, -0.15) is 0 Å². The van der Waals surface area contributed by atoms with Crippen LogP contribution in [-0.4, -0.2) is 9.13 Å². The van der Waals surface area contributed by atoms with Gasteiger partial charge in [-0.3, -0.25) is 0 Å². The van der Waals surface area contributed by atoms with E-state index in [1.165, 1.54) is 108 Å². The van der Waals surface area contributed by atoms with E-state index in [1.54, 1.807) is 0 Å². The maximum Gasteiger partial charge on any atom is 0.0647 e. The summed E-state index contributed by atoms with van der Waals surface area (Å²) in [5, 5.41) is 10.3. The monoisotopic (exact) mass is 690 g/mol. The van der Waals surface area contributed by atoms with Crippen molar-refractivity contribution in [1.82, 2.24) is 9.13 Å². The largest absolute Gasteiger partial charge is 0.309 e. The maximum absolute atomic E-state index is 2.54. The number of aromatic nitrogens is 2. The Balaban J connectivity index is 1.16. The molecule has 0 aliphatic heterocycles. The van der Waals surface area contributed by atoms with E-state index in [0.29, 0.717) is 0 Å². The average molecular weight is 691 g/mol. The van der Waals surface area contributed by atoms with E-state index in [9.17, 15) is 0 Å². The summed E-state index contributed by atoms with van der Waals surface area (Å²) in [5.74, 6) is 0. The molecule has 0 aliphatic rings. The minimum absolute atomic E-state index is 1.17. The van der Waals surface area contributed by atoms with Gasteiger partial charge in [0.2, 0.25) is 0 Å². The molecule has 0 radical (unpaired) electrons. The molecular formula is C50H30N2S. The molecule has 246 valence electrons. The Hall–Kier alpha value is -6.68. The van der Waals surface area contributed by atoms with E-state index in [2.05, 4.69) is 191 Å². The zero-order valence-electron chi connectivity index (χ0n) is 28.6. The van der Waals surface area contributed by atoms with Gasteiger partial charge in [-0.25, -0.2) is 0 Å². The van der Waals surface area contributed by atoms with Crippen molar-refractivity contribution in [3.05, 3.63) is 182 Å². The maximum atomic E-state index is 2.54. The van der Waals surface area contributed by atoms with Crippen LogP contribution in [0, 0.1) is 0 Å². The molecule has 0 saturated heterocycles. The predicted octanol–water partition coefficient (Wildman–Crippen LogP) is 14.2. The van der Waals surface area contributed by atoms with E-state index in [-0.39, 0.29) is 0 Å². The van der Waals surface area contributed by atoms with Crippen LogP contribution in [0.2, 0.25) is 0 Å². The Kier molecular flexibility index (Phi) is 5.96. The number of thiophene rings is 1. The van der Waals surface area contributed by atoms with Crippen LogP contribution in [0.5, 0.6) is 0 Å². The quantitative estimate of drug-likeness (QED) is 0.163. The molecule has 0 saturated carbocycles. The van der Waals surface area contributed by atoms with Crippen LogP contribution in [0.1, 0.15) is 0 Å². The van der Waals surface area contributed by atoms with Gasteiger partial charge >= 0.3 is 0 Å². The van der Waals surface area contributed by atoms with E-state index in [4.69, 9.17) is 0 Å². The van der Waals surface area contributed by atoms with Gasteiger partial charge < -0.3 is 9.13 Å². The Morgan fingerprint density at radius 3 is 1.75 bits per heavy atom. The van der Waals surface area contributed by atoms with Gasteiger partial charge in [0, 0.05) is 53.1 Å². The van der Waals surface area contributed by atoms with Crippen LogP contribution in [0.15, 0.2) is 182 Å². The van der Waals surface area contributed by atoms with E-state index in [0.717, 1.165) is 0 Å². The summed E-state index contributed by atoms with van der Waals surface area (Å²) in [4.78, 5) is 0. The molecule has 0 amide bonds. The van der Waals surface area contributed by atoms with Crippen LogP contribution >= 0.6 is 11.3 Å². The average Bonchev–Trinajstić information content (AvgIpc) is 3.89. The highest BCUT2D eigenvalue weighted by molar-refractivity contribution is 7.26. The Labute approximate surface area is 309 Å². The second-order valence-electron chi connectivity index (χ2n) is 14.1. The number of rotatable bonds is 4. The molecule has 0 bridgehead atoms. The fourth-order valence-electron chi connectivity index (χ4n) is 9.03. The first-order valence-corrected chi connectivity index (χ1v) is 19.0. The van der Waals surface area contributed by atoms with Crippen molar-refractivity contribution in [2.45, 2.75) is 0 Å². The van der Waals surface area contributed by atoms with Gasteiger partial charge in [-0.1, -0.05) is 140 Å². The summed E-state index contributed by atoms with van der Waals surface area (Å²) in [5.41, 5.74) is 12.3. The third-order valence-electron chi connectivity index (χ3n) is 11.2. The van der Waals surface area contributed by atoms with Crippen LogP contribution < -0.4 is 0 Å². The third kappa shape index (κ3) is 4.03. The number of para-hydroxylation sites is 2. The molecule has 0 aliphatic carbocycles.